The molecular weight excluding hydrogens is 326 g/mol. The zero-order valence-electron chi connectivity index (χ0n) is 9.89. The first-order valence-corrected chi connectivity index (χ1v) is 7.18. The number of hydrogen-bond acceptors (Lipinski definition) is 4. The Morgan fingerprint density at radius 3 is 3.00 bits per heavy atom. The van der Waals surface area contributed by atoms with Crippen LogP contribution >= 0.6 is 27.3 Å². The number of rotatable bonds is 4. The van der Waals surface area contributed by atoms with Crippen LogP contribution in [0.25, 0.3) is 0 Å². The molecule has 2 rings (SSSR count). The molecule has 0 bridgehead atoms. The molecule has 0 spiro atoms. The predicted molar refractivity (Wildman–Crippen MR) is 77.0 cm³/mol. The van der Waals surface area contributed by atoms with Gasteiger partial charge >= 0.3 is 0 Å². The van der Waals surface area contributed by atoms with Gasteiger partial charge in [0.05, 0.1) is 14.9 Å². The summed E-state index contributed by atoms with van der Waals surface area (Å²) in [7, 11) is 0. The zero-order chi connectivity index (χ0) is 13.7. The molecule has 0 atom stereocenters. The van der Waals surface area contributed by atoms with Crippen molar-refractivity contribution in [2.45, 2.75) is 6.42 Å². The van der Waals surface area contributed by atoms with Crippen molar-refractivity contribution in [1.82, 2.24) is 10.3 Å². The lowest BCUT2D eigenvalue weighted by molar-refractivity contribution is 0.0953. The minimum Gasteiger partial charge on any atom is -0.352 e. The van der Waals surface area contributed by atoms with Gasteiger partial charge in [-0.25, -0.2) is 0 Å². The molecule has 96 valence electrons. The highest BCUT2D eigenvalue weighted by Crippen LogP contribution is 2.22. The number of pyridine rings is 1. The van der Waals surface area contributed by atoms with Gasteiger partial charge in [0.1, 0.15) is 6.07 Å². The van der Waals surface area contributed by atoms with Gasteiger partial charge in [-0.2, -0.15) is 5.26 Å². The molecule has 0 saturated heterocycles. The maximum atomic E-state index is 11.9. The van der Waals surface area contributed by atoms with Crippen LogP contribution in [0.3, 0.4) is 0 Å². The van der Waals surface area contributed by atoms with E-state index in [1.165, 1.54) is 23.3 Å². The van der Waals surface area contributed by atoms with Gasteiger partial charge in [-0.15, -0.1) is 11.3 Å². The Hall–Kier alpha value is -1.71. The third kappa shape index (κ3) is 3.63. The van der Waals surface area contributed by atoms with Crippen molar-refractivity contribution in [1.29, 1.82) is 5.26 Å². The van der Waals surface area contributed by atoms with Gasteiger partial charge in [0.15, 0.2) is 0 Å². The van der Waals surface area contributed by atoms with Crippen molar-refractivity contribution in [3.63, 3.8) is 0 Å². The molecule has 0 radical (unpaired) electrons. The smallest absolute Gasteiger partial charge is 0.254 e. The van der Waals surface area contributed by atoms with Crippen molar-refractivity contribution in [2.24, 2.45) is 0 Å². The highest BCUT2D eigenvalue weighted by Gasteiger charge is 2.10. The molecule has 2 heterocycles. The topological polar surface area (TPSA) is 65.8 Å². The molecule has 2 aromatic heterocycles. The summed E-state index contributed by atoms with van der Waals surface area (Å²) >= 11 is 5.04. The van der Waals surface area contributed by atoms with Crippen LogP contribution in [0.5, 0.6) is 0 Å². The fourth-order valence-corrected chi connectivity index (χ4v) is 3.04. The Balaban J connectivity index is 1.93. The number of aromatic nitrogens is 1. The lowest BCUT2D eigenvalue weighted by Gasteiger charge is -2.05. The fraction of sp³-hybridized carbons (Fsp3) is 0.154. The minimum absolute atomic E-state index is 0.264. The minimum atomic E-state index is -0.264. The Morgan fingerprint density at radius 2 is 2.32 bits per heavy atom. The third-order valence-electron chi connectivity index (χ3n) is 2.47. The molecule has 0 fully saturated rings. The van der Waals surface area contributed by atoms with E-state index in [2.05, 4.69) is 26.2 Å². The number of amides is 1. The molecule has 6 heteroatoms. The van der Waals surface area contributed by atoms with E-state index in [0.29, 0.717) is 17.7 Å². The molecule has 0 aromatic carbocycles. The molecule has 0 aliphatic heterocycles. The standard InChI is InChI=1S/C13H10BrN3OS/c14-12-2-1-10(19-12)4-6-17-13(18)11-8-16-5-3-9(11)7-15/h1-3,5,8H,4,6H2,(H,17,18). The van der Waals surface area contributed by atoms with Crippen molar-refractivity contribution >= 4 is 33.2 Å². The Kier molecular flexibility index (Phi) is 4.66. The lowest BCUT2D eigenvalue weighted by Crippen LogP contribution is -2.26. The Morgan fingerprint density at radius 1 is 1.47 bits per heavy atom. The number of carbonyl (C=O) groups is 1. The van der Waals surface area contributed by atoms with Crippen LogP contribution in [0.4, 0.5) is 0 Å². The van der Waals surface area contributed by atoms with Crippen LogP contribution in [0, 0.1) is 11.3 Å². The second kappa shape index (κ2) is 6.45. The first-order valence-electron chi connectivity index (χ1n) is 5.57. The summed E-state index contributed by atoms with van der Waals surface area (Å²) in [6, 6.07) is 7.52. The summed E-state index contributed by atoms with van der Waals surface area (Å²) in [5.74, 6) is -0.264. The van der Waals surface area contributed by atoms with Gasteiger partial charge in [0.25, 0.3) is 5.91 Å². The van der Waals surface area contributed by atoms with Crippen LogP contribution in [-0.2, 0) is 6.42 Å². The van der Waals surface area contributed by atoms with Gasteiger partial charge in [-0.3, -0.25) is 9.78 Å². The number of carbonyl (C=O) groups excluding carboxylic acids is 1. The SMILES string of the molecule is N#Cc1ccncc1C(=O)NCCc1ccc(Br)s1. The highest BCUT2D eigenvalue weighted by molar-refractivity contribution is 9.11. The number of thiophene rings is 1. The van der Waals surface area contributed by atoms with E-state index in [-0.39, 0.29) is 5.91 Å². The van der Waals surface area contributed by atoms with E-state index in [1.54, 1.807) is 11.3 Å². The third-order valence-corrected chi connectivity index (χ3v) is 4.16. The largest absolute Gasteiger partial charge is 0.352 e. The summed E-state index contributed by atoms with van der Waals surface area (Å²) in [5, 5.41) is 11.7. The maximum absolute atomic E-state index is 11.9. The Bertz CT molecular complexity index is 633. The molecule has 19 heavy (non-hydrogen) atoms. The van der Waals surface area contributed by atoms with Crippen LogP contribution in [0.1, 0.15) is 20.8 Å². The molecule has 2 aromatic rings. The van der Waals surface area contributed by atoms with E-state index in [1.807, 2.05) is 18.2 Å². The second-order valence-electron chi connectivity index (χ2n) is 3.74. The number of nitrogens with zero attached hydrogens (tertiary/aromatic N) is 2. The number of nitriles is 1. The van der Waals surface area contributed by atoms with Crippen molar-refractivity contribution < 1.29 is 4.79 Å². The van der Waals surface area contributed by atoms with Gasteiger partial charge in [-0.1, -0.05) is 0 Å². The van der Waals surface area contributed by atoms with E-state index in [4.69, 9.17) is 5.26 Å². The summed E-state index contributed by atoms with van der Waals surface area (Å²) in [6.45, 7) is 0.533. The molecule has 1 amide bonds. The molecule has 4 nitrogen and oxygen atoms in total. The average molecular weight is 336 g/mol. The van der Waals surface area contributed by atoms with Gasteiger partial charge in [0.2, 0.25) is 0 Å². The normalized spacial score (nSPS) is 9.89. The van der Waals surface area contributed by atoms with E-state index in [9.17, 15) is 4.79 Å². The highest BCUT2D eigenvalue weighted by atomic mass is 79.9. The second-order valence-corrected chi connectivity index (χ2v) is 6.29. The van der Waals surface area contributed by atoms with Gasteiger partial charge in [-0.05, 0) is 40.5 Å². The summed E-state index contributed by atoms with van der Waals surface area (Å²) in [4.78, 5) is 17.0. The monoisotopic (exact) mass is 335 g/mol. The maximum Gasteiger partial charge on any atom is 0.254 e. The average Bonchev–Trinajstić information content (AvgIpc) is 2.84. The fourth-order valence-electron chi connectivity index (χ4n) is 1.55. The van der Waals surface area contributed by atoms with Crippen LogP contribution in [-0.4, -0.2) is 17.4 Å². The van der Waals surface area contributed by atoms with Crippen LogP contribution in [0.15, 0.2) is 34.4 Å². The molecule has 0 saturated carbocycles. The van der Waals surface area contributed by atoms with Crippen molar-refractivity contribution in [2.75, 3.05) is 6.54 Å². The zero-order valence-corrected chi connectivity index (χ0v) is 12.3. The van der Waals surface area contributed by atoms with Crippen molar-refractivity contribution in [3.8, 4) is 6.07 Å². The molecule has 0 aliphatic rings. The molecular formula is C13H10BrN3OS. The van der Waals surface area contributed by atoms with Crippen LogP contribution in [0.2, 0.25) is 0 Å². The van der Waals surface area contributed by atoms with Crippen molar-refractivity contribution in [3.05, 3.63) is 50.4 Å². The first kappa shape index (κ1) is 13.7. The quantitative estimate of drug-likeness (QED) is 0.934. The van der Waals surface area contributed by atoms with E-state index >= 15 is 0 Å². The molecule has 0 aliphatic carbocycles. The van der Waals surface area contributed by atoms with E-state index < -0.39 is 0 Å². The van der Waals surface area contributed by atoms with Gasteiger partial charge < -0.3 is 5.32 Å². The van der Waals surface area contributed by atoms with Crippen LogP contribution < -0.4 is 5.32 Å². The number of nitrogens with one attached hydrogen (secondary N) is 1. The number of hydrogen-bond donors (Lipinski definition) is 1. The first-order chi connectivity index (χ1) is 9.20. The predicted octanol–water partition coefficient (Wildman–Crippen LogP) is 2.75. The molecule has 1 N–H and O–H groups in total. The Labute approximate surface area is 123 Å². The van der Waals surface area contributed by atoms with E-state index in [0.717, 1.165) is 10.2 Å². The summed E-state index contributed by atoms with van der Waals surface area (Å²) < 4.78 is 1.08. The summed E-state index contributed by atoms with van der Waals surface area (Å²) in [5.41, 5.74) is 0.656. The van der Waals surface area contributed by atoms with Gasteiger partial charge in [0, 0.05) is 23.8 Å². The lowest BCUT2D eigenvalue weighted by atomic mass is 10.1. The number of halogens is 1. The molecule has 0 unspecified atom stereocenters. The summed E-state index contributed by atoms with van der Waals surface area (Å²) in [6.07, 6.45) is 3.68.